The van der Waals surface area contributed by atoms with E-state index in [4.69, 9.17) is 21.1 Å². The van der Waals surface area contributed by atoms with E-state index in [1.807, 2.05) is 0 Å². The van der Waals surface area contributed by atoms with E-state index in [2.05, 4.69) is 4.98 Å². The highest BCUT2D eigenvalue weighted by Gasteiger charge is 2.30. The van der Waals surface area contributed by atoms with Crippen LogP contribution in [0.2, 0.25) is 5.02 Å². The van der Waals surface area contributed by atoms with Crippen LogP contribution in [0, 0.1) is 6.92 Å². The Balaban J connectivity index is 2.25. The van der Waals surface area contributed by atoms with Gasteiger partial charge < -0.3 is 14.5 Å². The molecule has 0 saturated carbocycles. The Morgan fingerprint density at radius 2 is 1.71 bits per heavy atom. The molecule has 0 unspecified atom stereocenters. The molecule has 0 saturated heterocycles. The van der Waals surface area contributed by atoms with Crippen LogP contribution >= 0.6 is 22.9 Å². The van der Waals surface area contributed by atoms with Crippen molar-refractivity contribution in [2.45, 2.75) is 20.8 Å². The maximum Gasteiger partial charge on any atom is 0.355 e. The Labute approximate surface area is 170 Å². The third kappa shape index (κ3) is 3.43. The van der Waals surface area contributed by atoms with Gasteiger partial charge in [-0.05, 0) is 38.5 Å². The van der Waals surface area contributed by atoms with Gasteiger partial charge in [0.15, 0.2) is 5.78 Å². The van der Waals surface area contributed by atoms with Crippen LogP contribution in [0.4, 0.5) is 0 Å². The number of fused-ring (bicyclic) bond motifs is 1. The zero-order valence-corrected chi connectivity index (χ0v) is 17.1. The van der Waals surface area contributed by atoms with E-state index in [1.54, 1.807) is 45.0 Å². The van der Waals surface area contributed by atoms with Gasteiger partial charge in [-0.25, -0.2) is 9.59 Å². The molecule has 28 heavy (non-hydrogen) atoms. The number of aromatic nitrogens is 1. The van der Waals surface area contributed by atoms with Crippen molar-refractivity contribution < 1.29 is 23.9 Å². The van der Waals surface area contributed by atoms with Crippen molar-refractivity contribution >= 4 is 50.9 Å². The number of hydrogen-bond acceptors (Lipinski definition) is 6. The molecule has 6 nitrogen and oxygen atoms in total. The minimum Gasteiger partial charge on any atom is -0.462 e. The van der Waals surface area contributed by atoms with Gasteiger partial charge in [0.25, 0.3) is 0 Å². The van der Waals surface area contributed by atoms with Crippen molar-refractivity contribution in [1.29, 1.82) is 0 Å². The summed E-state index contributed by atoms with van der Waals surface area (Å²) < 4.78 is 10.2. The summed E-state index contributed by atoms with van der Waals surface area (Å²) >= 11 is 7.33. The first-order chi connectivity index (χ1) is 13.4. The quantitative estimate of drug-likeness (QED) is 0.459. The van der Waals surface area contributed by atoms with Crippen molar-refractivity contribution in [2.24, 2.45) is 0 Å². The van der Waals surface area contributed by atoms with E-state index in [0.29, 0.717) is 20.7 Å². The maximum absolute atomic E-state index is 13.3. The van der Waals surface area contributed by atoms with Crippen LogP contribution in [0.1, 0.15) is 55.5 Å². The average Bonchev–Trinajstić information content (AvgIpc) is 3.19. The number of nitrogens with one attached hydrogen (secondary N) is 1. The number of aromatic amines is 1. The molecule has 1 N–H and O–H groups in total. The number of thiophene rings is 1. The molecule has 3 rings (SSSR count). The van der Waals surface area contributed by atoms with Crippen molar-refractivity contribution in [1.82, 2.24) is 4.98 Å². The minimum absolute atomic E-state index is 0.0477. The molecule has 3 aromatic rings. The van der Waals surface area contributed by atoms with Crippen molar-refractivity contribution in [3.8, 4) is 0 Å². The van der Waals surface area contributed by atoms with Gasteiger partial charge in [-0.2, -0.15) is 0 Å². The lowest BCUT2D eigenvalue weighted by molar-refractivity contribution is 0.0514. The van der Waals surface area contributed by atoms with Crippen LogP contribution in [0.5, 0.6) is 0 Å². The number of hydrogen-bond donors (Lipinski definition) is 1. The second-order valence-electron chi connectivity index (χ2n) is 5.89. The lowest BCUT2D eigenvalue weighted by atomic mass is 9.99. The monoisotopic (exact) mass is 419 g/mol. The molecule has 0 bridgehead atoms. The van der Waals surface area contributed by atoms with Crippen molar-refractivity contribution in [2.75, 3.05) is 13.2 Å². The summed E-state index contributed by atoms with van der Waals surface area (Å²) in [5, 5.41) is 0.774. The summed E-state index contributed by atoms with van der Waals surface area (Å²) in [5.41, 5.74) is 1.02. The molecule has 0 radical (unpaired) electrons. The second-order valence-corrected chi connectivity index (χ2v) is 7.31. The number of ketones is 1. The van der Waals surface area contributed by atoms with Crippen LogP contribution in [0.15, 0.2) is 24.3 Å². The molecule has 146 valence electrons. The first kappa shape index (κ1) is 20.1. The number of rotatable bonds is 6. The van der Waals surface area contributed by atoms with Gasteiger partial charge in [-0.15, -0.1) is 11.3 Å². The third-order valence-electron chi connectivity index (χ3n) is 4.17. The molecule has 1 aromatic carbocycles. The van der Waals surface area contributed by atoms with Gasteiger partial charge >= 0.3 is 11.9 Å². The first-order valence-electron chi connectivity index (χ1n) is 8.69. The van der Waals surface area contributed by atoms with Crippen LogP contribution in [0.3, 0.4) is 0 Å². The van der Waals surface area contributed by atoms with E-state index in [-0.39, 0.29) is 35.1 Å². The molecule has 0 aliphatic heterocycles. The van der Waals surface area contributed by atoms with Crippen LogP contribution in [0.25, 0.3) is 10.2 Å². The Hall–Kier alpha value is -2.64. The van der Waals surface area contributed by atoms with Gasteiger partial charge in [-0.1, -0.05) is 23.7 Å². The van der Waals surface area contributed by atoms with E-state index in [9.17, 15) is 14.4 Å². The number of carbonyl (C=O) groups excluding carboxylic acids is 3. The lowest BCUT2D eigenvalue weighted by Crippen LogP contribution is -2.13. The Morgan fingerprint density at radius 3 is 2.36 bits per heavy atom. The smallest absolute Gasteiger partial charge is 0.355 e. The van der Waals surface area contributed by atoms with E-state index >= 15 is 0 Å². The molecule has 0 aliphatic carbocycles. The molecule has 0 amide bonds. The molecule has 2 aromatic heterocycles. The summed E-state index contributed by atoms with van der Waals surface area (Å²) in [7, 11) is 0. The Kier molecular flexibility index (Phi) is 5.86. The Bertz CT molecular complexity index is 1080. The standard InChI is InChI=1S/C20H18ClNO5S/c1-4-26-19(24)15-14(16(23)11-8-6-7-9-12(11)21)13-10(3)17(20(25)27-5-2)28-18(13)22-15/h6-9,22H,4-5H2,1-3H3. The summed E-state index contributed by atoms with van der Waals surface area (Å²) in [5.74, 6) is -1.53. The third-order valence-corrected chi connectivity index (χ3v) is 5.69. The SMILES string of the molecule is CCOC(=O)c1[nH]c2sc(C(=O)OCC)c(C)c2c1C(=O)c1ccccc1Cl. The predicted molar refractivity (Wildman–Crippen MR) is 108 cm³/mol. The predicted octanol–water partition coefficient (Wildman–Crippen LogP) is 4.78. The van der Waals surface area contributed by atoms with Gasteiger partial charge in [0.1, 0.15) is 15.4 Å². The zero-order valence-electron chi connectivity index (χ0n) is 15.6. The minimum atomic E-state index is -0.640. The highest BCUT2D eigenvalue weighted by molar-refractivity contribution is 7.20. The Morgan fingerprint density at radius 1 is 1.07 bits per heavy atom. The average molecular weight is 420 g/mol. The molecule has 0 atom stereocenters. The normalized spacial score (nSPS) is 10.9. The van der Waals surface area contributed by atoms with Crippen LogP contribution < -0.4 is 0 Å². The van der Waals surface area contributed by atoms with Crippen molar-refractivity contribution in [3.05, 3.63) is 56.5 Å². The molecule has 8 heteroatoms. The number of carbonyl (C=O) groups is 3. The molecule has 0 aliphatic rings. The number of halogens is 1. The number of H-pyrrole nitrogens is 1. The van der Waals surface area contributed by atoms with Gasteiger partial charge in [0.2, 0.25) is 0 Å². The molecular formula is C20H18ClNO5S. The van der Waals surface area contributed by atoms with E-state index < -0.39 is 17.7 Å². The molecule has 2 heterocycles. The topological polar surface area (TPSA) is 85.5 Å². The van der Waals surface area contributed by atoms with Gasteiger partial charge in [0.05, 0.1) is 23.8 Å². The number of benzene rings is 1. The zero-order chi connectivity index (χ0) is 20.4. The first-order valence-corrected chi connectivity index (χ1v) is 9.88. The maximum atomic E-state index is 13.3. The highest BCUT2D eigenvalue weighted by atomic mass is 35.5. The van der Waals surface area contributed by atoms with Gasteiger partial charge in [-0.3, -0.25) is 4.79 Å². The van der Waals surface area contributed by atoms with Gasteiger partial charge in [0, 0.05) is 10.9 Å². The van der Waals surface area contributed by atoms with Crippen LogP contribution in [-0.2, 0) is 9.47 Å². The number of esters is 2. The number of ether oxygens (including phenoxy) is 2. The molecule has 0 fully saturated rings. The summed E-state index contributed by atoms with van der Waals surface area (Å²) in [4.78, 5) is 41.9. The molecule has 0 spiro atoms. The largest absolute Gasteiger partial charge is 0.462 e. The van der Waals surface area contributed by atoms with Crippen LogP contribution in [-0.4, -0.2) is 35.9 Å². The fourth-order valence-electron chi connectivity index (χ4n) is 2.96. The lowest BCUT2D eigenvalue weighted by Gasteiger charge is -2.07. The van der Waals surface area contributed by atoms with Crippen molar-refractivity contribution in [3.63, 3.8) is 0 Å². The van der Waals surface area contributed by atoms with E-state index in [1.165, 1.54) is 0 Å². The highest BCUT2D eigenvalue weighted by Crippen LogP contribution is 2.37. The summed E-state index contributed by atoms with van der Waals surface area (Å²) in [6.07, 6.45) is 0. The fourth-order valence-corrected chi connectivity index (χ4v) is 4.29. The second kappa shape index (κ2) is 8.16. The molecular weight excluding hydrogens is 402 g/mol. The summed E-state index contributed by atoms with van der Waals surface area (Å²) in [6, 6.07) is 6.60. The number of aryl methyl sites for hydroxylation is 1. The summed E-state index contributed by atoms with van der Waals surface area (Å²) in [6.45, 7) is 5.53. The van der Waals surface area contributed by atoms with E-state index in [0.717, 1.165) is 11.3 Å². The fraction of sp³-hybridized carbons (Fsp3) is 0.250.